The standard InChI is InChI=1S/C13H36O3SSi4/c1-17-12-11-13-21(10,15-19(5,6)7)16-20(8,9)14-18(2,3)4/h11-13H2,1-10H3. The van der Waals surface area contributed by atoms with E-state index in [0.717, 1.165) is 6.04 Å². The lowest BCUT2D eigenvalue weighted by Crippen LogP contribution is -2.56. The maximum absolute atomic E-state index is 6.62. The summed E-state index contributed by atoms with van der Waals surface area (Å²) >= 11 is 1.90. The van der Waals surface area contributed by atoms with Crippen molar-refractivity contribution >= 4 is 45.5 Å². The third kappa shape index (κ3) is 12.2. The van der Waals surface area contributed by atoms with Crippen molar-refractivity contribution < 1.29 is 12.3 Å². The molecule has 0 N–H and O–H groups in total. The van der Waals surface area contributed by atoms with Crippen LogP contribution in [0.5, 0.6) is 0 Å². The molecular formula is C13H36O3SSi4. The van der Waals surface area contributed by atoms with Crippen molar-refractivity contribution in [2.75, 3.05) is 12.0 Å². The topological polar surface area (TPSA) is 27.7 Å². The summed E-state index contributed by atoms with van der Waals surface area (Å²) in [5.41, 5.74) is 0. The van der Waals surface area contributed by atoms with E-state index >= 15 is 0 Å². The number of thioether (sulfide) groups is 1. The van der Waals surface area contributed by atoms with Crippen molar-refractivity contribution in [2.45, 2.75) is 71.4 Å². The van der Waals surface area contributed by atoms with Gasteiger partial charge in [0.1, 0.15) is 0 Å². The highest BCUT2D eigenvalue weighted by Gasteiger charge is 2.43. The molecule has 0 aliphatic carbocycles. The zero-order valence-electron chi connectivity index (χ0n) is 15.8. The van der Waals surface area contributed by atoms with Gasteiger partial charge in [-0.2, -0.15) is 11.8 Å². The molecule has 3 nitrogen and oxygen atoms in total. The van der Waals surface area contributed by atoms with E-state index in [0.29, 0.717) is 0 Å². The van der Waals surface area contributed by atoms with Crippen molar-refractivity contribution in [3.8, 4) is 0 Å². The summed E-state index contributed by atoms with van der Waals surface area (Å²) in [7, 11) is -7.45. The molecule has 0 saturated carbocycles. The largest absolute Gasteiger partial charge is 0.437 e. The lowest BCUT2D eigenvalue weighted by Gasteiger charge is -2.41. The average Bonchev–Trinajstić information content (AvgIpc) is 2.08. The summed E-state index contributed by atoms with van der Waals surface area (Å²) in [6, 6.07) is 1.07. The van der Waals surface area contributed by atoms with Crippen LogP contribution >= 0.6 is 11.8 Å². The van der Waals surface area contributed by atoms with Crippen LogP contribution in [-0.2, 0) is 12.3 Å². The molecule has 0 heterocycles. The quantitative estimate of drug-likeness (QED) is 0.380. The molecule has 21 heavy (non-hydrogen) atoms. The Labute approximate surface area is 141 Å². The molecule has 0 radical (unpaired) electrons. The second kappa shape index (κ2) is 8.27. The van der Waals surface area contributed by atoms with Crippen LogP contribution in [-0.4, -0.2) is 45.8 Å². The Morgan fingerprint density at radius 3 is 1.57 bits per heavy atom. The van der Waals surface area contributed by atoms with Crippen molar-refractivity contribution in [1.82, 2.24) is 0 Å². The maximum Gasteiger partial charge on any atom is 0.315 e. The molecule has 0 rings (SSSR count). The number of hydrogen-bond acceptors (Lipinski definition) is 4. The Balaban J connectivity index is 4.95. The van der Waals surface area contributed by atoms with Gasteiger partial charge in [-0.1, -0.05) is 0 Å². The normalized spacial score (nSPS) is 16.9. The Kier molecular flexibility index (Phi) is 8.70. The van der Waals surface area contributed by atoms with Crippen LogP contribution in [0.1, 0.15) is 6.42 Å². The zero-order chi connectivity index (χ0) is 16.9. The van der Waals surface area contributed by atoms with Crippen molar-refractivity contribution in [2.24, 2.45) is 0 Å². The van der Waals surface area contributed by atoms with Crippen LogP contribution < -0.4 is 0 Å². The van der Waals surface area contributed by atoms with Gasteiger partial charge in [0.15, 0.2) is 16.6 Å². The van der Waals surface area contributed by atoms with E-state index < -0.39 is 33.8 Å². The molecule has 0 aliphatic rings. The van der Waals surface area contributed by atoms with Crippen LogP contribution in [0.3, 0.4) is 0 Å². The Hall–Kier alpha value is 1.10. The molecule has 0 aromatic heterocycles. The van der Waals surface area contributed by atoms with Gasteiger partial charge in [-0.05, 0) is 83.4 Å². The van der Waals surface area contributed by atoms with Gasteiger partial charge < -0.3 is 12.3 Å². The highest BCUT2D eigenvalue weighted by atomic mass is 32.2. The molecule has 0 fully saturated rings. The lowest BCUT2D eigenvalue weighted by molar-refractivity contribution is 0.323. The molecule has 0 aromatic carbocycles. The molecular weight excluding hydrogens is 349 g/mol. The van der Waals surface area contributed by atoms with Crippen molar-refractivity contribution in [3.63, 3.8) is 0 Å². The van der Waals surface area contributed by atoms with E-state index in [1.807, 2.05) is 11.8 Å². The number of hydrogen-bond donors (Lipinski definition) is 0. The molecule has 1 atom stereocenters. The van der Waals surface area contributed by atoms with Gasteiger partial charge in [0, 0.05) is 0 Å². The maximum atomic E-state index is 6.62. The van der Waals surface area contributed by atoms with Crippen molar-refractivity contribution in [1.29, 1.82) is 0 Å². The Morgan fingerprint density at radius 1 is 0.714 bits per heavy atom. The third-order valence-electron chi connectivity index (χ3n) is 2.52. The second-order valence-electron chi connectivity index (χ2n) is 8.16. The smallest absolute Gasteiger partial charge is 0.315 e. The van der Waals surface area contributed by atoms with E-state index in [9.17, 15) is 0 Å². The summed E-state index contributed by atoms with van der Waals surface area (Å²) in [5, 5.41) is 0. The minimum absolute atomic E-state index is 1.07. The fourth-order valence-electron chi connectivity index (χ4n) is 2.59. The molecule has 0 spiro atoms. The predicted octanol–water partition coefficient (Wildman–Crippen LogP) is 5.23. The van der Waals surface area contributed by atoms with E-state index in [2.05, 4.69) is 65.2 Å². The van der Waals surface area contributed by atoms with Gasteiger partial charge in [0.25, 0.3) is 0 Å². The summed E-state index contributed by atoms with van der Waals surface area (Å²) in [4.78, 5) is 0. The molecule has 8 heteroatoms. The predicted molar refractivity (Wildman–Crippen MR) is 107 cm³/mol. The van der Waals surface area contributed by atoms with Crippen molar-refractivity contribution in [3.05, 3.63) is 0 Å². The van der Waals surface area contributed by atoms with Gasteiger partial charge in [-0.3, -0.25) is 0 Å². The first-order valence-corrected chi connectivity index (χ1v) is 21.3. The summed E-state index contributed by atoms with van der Waals surface area (Å²) in [6.07, 6.45) is 3.33. The molecule has 0 aliphatic heterocycles. The molecule has 0 amide bonds. The fraction of sp³-hybridized carbons (Fsp3) is 1.00. The van der Waals surface area contributed by atoms with Crippen LogP contribution in [0.4, 0.5) is 0 Å². The highest BCUT2D eigenvalue weighted by molar-refractivity contribution is 7.98. The molecule has 1 unspecified atom stereocenters. The van der Waals surface area contributed by atoms with Gasteiger partial charge in [-0.15, -0.1) is 0 Å². The lowest BCUT2D eigenvalue weighted by atomic mass is 10.6. The minimum atomic E-state index is -2.15. The monoisotopic (exact) mass is 384 g/mol. The van der Waals surface area contributed by atoms with Gasteiger partial charge >= 0.3 is 17.1 Å². The molecule has 128 valence electrons. The van der Waals surface area contributed by atoms with Gasteiger partial charge in [0.2, 0.25) is 0 Å². The van der Waals surface area contributed by atoms with E-state index in [1.54, 1.807) is 0 Å². The Bertz CT molecular complexity index is 316. The highest BCUT2D eigenvalue weighted by Crippen LogP contribution is 2.28. The minimum Gasteiger partial charge on any atom is -0.437 e. The van der Waals surface area contributed by atoms with E-state index in [-0.39, 0.29) is 0 Å². The van der Waals surface area contributed by atoms with Crippen LogP contribution in [0.15, 0.2) is 0 Å². The zero-order valence-corrected chi connectivity index (χ0v) is 20.6. The number of rotatable bonds is 10. The first kappa shape index (κ1) is 22.1. The fourth-order valence-corrected chi connectivity index (χ4v) is 21.2. The van der Waals surface area contributed by atoms with Gasteiger partial charge in [0.05, 0.1) is 0 Å². The van der Waals surface area contributed by atoms with E-state index in [1.165, 1.54) is 12.2 Å². The second-order valence-corrected chi connectivity index (χ2v) is 25.6. The molecule has 0 aromatic rings. The first-order chi connectivity index (χ1) is 9.18. The van der Waals surface area contributed by atoms with Crippen LogP contribution in [0.2, 0.25) is 65.0 Å². The van der Waals surface area contributed by atoms with E-state index in [4.69, 9.17) is 12.3 Å². The van der Waals surface area contributed by atoms with Gasteiger partial charge in [-0.25, -0.2) is 0 Å². The summed E-state index contributed by atoms with van der Waals surface area (Å²) in [5.74, 6) is 1.18. The third-order valence-corrected chi connectivity index (χ3v) is 16.8. The molecule has 0 bridgehead atoms. The summed E-state index contributed by atoms with van der Waals surface area (Å²) in [6.45, 7) is 20.1. The molecule has 0 saturated heterocycles. The van der Waals surface area contributed by atoms with Crippen LogP contribution in [0.25, 0.3) is 0 Å². The van der Waals surface area contributed by atoms with Crippen LogP contribution in [0, 0.1) is 0 Å². The Morgan fingerprint density at radius 2 is 1.19 bits per heavy atom. The SMILES string of the molecule is CSCCC[Si](C)(O[Si](C)(C)C)O[Si](C)(C)O[Si](C)(C)C. The average molecular weight is 385 g/mol. The first-order valence-electron chi connectivity index (χ1n) is 7.78. The summed E-state index contributed by atoms with van der Waals surface area (Å²) < 4.78 is 19.5.